The molecule has 2 N–H and O–H groups in total. The Balaban J connectivity index is 1.40. The highest BCUT2D eigenvalue weighted by atomic mass is 16.5. The highest BCUT2D eigenvalue weighted by Crippen LogP contribution is 2.27. The van der Waals surface area contributed by atoms with Gasteiger partial charge in [-0.25, -0.2) is 4.79 Å². The lowest BCUT2D eigenvalue weighted by atomic mass is 10.1. The Kier molecular flexibility index (Phi) is 5.80. The van der Waals surface area contributed by atoms with Crippen molar-refractivity contribution in [2.75, 3.05) is 5.32 Å². The summed E-state index contributed by atoms with van der Waals surface area (Å²) in [5.41, 5.74) is 1.68. The zero-order chi connectivity index (χ0) is 20.8. The average molecular weight is 399 g/mol. The second-order valence-corrected chi connectivity index (χ2v) is 6.70. The number of nitrogens with one attached hydrogen (secondary N) is 2. The molecule has 0 radical (unpaired) electrons. The summed E-state index contributed by atoms with van der Waals surface area (Å²) >= 11 is 0. The molecule has 2 aromatic carbocycles. The van der Waals surface area contributed by atoms with Crippen molar-refractivity contribution >= 4 is 22.5 Å². The number of ether oxygens (including phenoxy) is 1. The van der Waals surface area contributed by atoms with E-state index < -0.39 is 0 Å². The van der Waals surface area contributed by atoms with E-state index in [1.165, 1.54) is 0 Å². The van der Waals surface area contributed by atoms with Gasteiger partial charge in [-0.1, -0.05) is 25.1 Å². The Morgan fingerprint density at radius 3 is 2.57 bits per heavy atom. The molecular formula is C23H21N5O2. The molecule has 2 amide bonds. The zero-order valence-corrected chi connectivity index (χ0v) is 16.4. The number of fused-ring (bicyclic) bond motifs is 1. The van der Waals surface area contributed by atoms with Crippen LogP contribution >= 0.6 is 0 Å². The first kappa shape index (κ1) is 19.3. The third kappa shape index (κ3) is 4.52. The Hall–Kier alpha value is -4.00. The smallest absolute Gasteiger partial charge is 0.319 e. The first-order valence-corrected chi connectivity index (χ1v) is 9.68. The Morgan fingerprint density at radius 2 is 1.80 bits per heavy atom. The maximum Gasteiger partial charge on any atom is 0.319 e. The van der Waals surface area contributed by atoms with Crippen LogP contribution in [0, 0.1) is 0 Å². The van der Waals surface area contributed by atoms with Crippen LogP contribution in [0.3, 0.4) is 0 Å². The summed E-state index contributed by atoms with van der Waals surface area (Å²) in [6, 6.07) is 18.3. The van der Waals surface area contributed by atoms with E-state index in [0.29, 0.717) is 17.3 Å². The molecule has 0 bridgehead atoms. The van der Waals surface area contributed by atoms with Gasteiger partial charge in [0.15, 0.2) is 0 Å². The first-order chi connectivity index (χ1) is 14.7. The molecule has 7 heteroatoms. The molecule has 2 aromatic heterocycles. The summed E-state index contributed by atoms with van der Waals surface area (Å²) in [4.78, 5) is 16.4. The molecule has 0 spiro atoms. The van der Waals surface area contributed by atoms with Crippen LogP contribution in [-0.4, -0.2) is 21.2 Å². The van der Waals surface area contributed by atoms with Gasteiger partial charge in [-0.3, -0.25) is 4.98 Å². The number of carbonyl (C=O) groups is 1. The summed E-state index contributed by atoms with van der Waals surface area (Å²) in [6.45, 7) is 2.02. The van der Waals surface area contributed by atoms with E-state index in [0.717, 1.165) is 22.8 Å². The van der Waals surface area contributed by atoms with E-state index in [1.807, 2.05) is 43.3 Å². The average Bonchev–Trinajstić information content (AvgIpc) is 2.79. The number of pyridine rings is 1. The summed E-state index contributed by atoms with van der Waals surface area (Å²) in [6.07, 6.45) is 5.91. The monoisotopic (exact) mass is 399 g/mol. The van der Waals surface area contributed by atoms with Gasteiger partial charge in [0, 0.05) is 28.9 Å². The lowest BCUT2D eigenvalue weighted by Crippen LogP contribution is -2.32. The fourth-order valence-electron chi connectivity index (χ4n) is 3.14. The summed E-state index contributed by atoms with van der Waals surface area (Å²) in [5.74, 6) is 1.05. The fourth-order valence-corrected chi connectivity index (χ4v) is 3.14. The largest absolute Gasteiger partial charge is 0.437 e. The van der Waals surface area contributed by atoms with Gasteiger partial charge in [-0.05, 0) is 54.4 Å². The quantitative estimate of drug-likeness (QED) is 0.471. The number of benzene rings is 2. The minimum Gasteiger partial charge on any atom is -0.437 e. The Labute approximate surface area is 174 Å². The van der Waals surface area contributed by atoms with Gasteiger partial charge in [-0.15, -0.1) is 5.10 Å². The van der Waals surface area contributed by atoms with Gasteiger partial charge in [0.1, 0.15) is 5.75 Å². The molecule has 150 valence electrons. The van der Waals surface area contributed by atoms with E-state index in [2.05, 4.69) is 25.8 Å². The number of anilines is 1. The standard InChI is InChI=1S/C23H21N5O2/c1-2-21(16-11-13-24-14-12-16)27-23(29)26-18-7-9-19(10-8-18)30-22-20-6-4-3-5-17(20)15-25-28-22/h3-15,21H,2H2,1H3,(H2,26,27,29)/t21-/m1/s1. The highest BCUT2D eigenvalue weighted by Gasteiger charge is 2.13. The number of nitrogens with zero attached hydrogens (tertiary/aromatic N) is 3. The van der Waals surface area contributed by atoms with Gasteiger partial charge >= 0.3 is 6.03 Å². The number of urea groups is 1. The Morgan fingerprint density at radius 1 is 1.03 bits per heavy atom. The second-order valence-electron chi connectivity index (χ2n) is 6.70. The molecule has 2 heterocycles. The van der Waals surface area contributed by atoms with E-state index >= 15 is 0 Å². The summed E-state index contributed by atoms with van der Waals surface area (Å²) in [7, 11) is 0. The normalized spacial score (nSPS) is 11.6. The summed E-state index contributed by atoms with van der Waals surface area (Å²) in [5, 5.41) is 15.7. The number of hydrogen-bond donors (Lipinski definition) is 2. The van der Waals surface area contributed by atoms with E-state index in [9.17, 15) is 4.79 Å². The molecule has 7 nitrogen and oxygen atoms in total. The van der Waals surface area contributed by atoms with Crippen LogP contribution in [0.5, 0.6) is 11.6 Å². The van der Waals surface area contributed by atoms with Crippen molar-refractivity contribution in [3.63, 3.8) is 0 Å². The lowest BCUT2D eigenvalue weighted by Gasteiger charge is -2.17. The van der Waals surface area contributed by atoms with Gasteiger partial charge < -0.3 is 15.4 Å². The molecule has 1 atom stereocenters. The molecule has 4 aromatic rings. The third-order valence-electron chi connectivity index (χ3n) is 4.69. The van der Waals surface area contributed by atoms with Crippen molar-refractivity contribution in [2.24, 2.45) is 0 Å². The maximum absolute atomic E-state index is 12.4. The number of carbonyl (C=O) groups excluding carboxylic acids is 1. The molecule has 30 heavy (non-hydrogen) atoms. The predicted octanol–water partition coefficient (Wildman–Crippen LogP) is 5.09. The lowest BCUT2D eigenvalue weighted by molar-refractivity contribution is 0.248. The first-order valence-electron chi connectivity index (χ1n) is 9.68. The number of hydrogen-bond acceptors (Lipinski definition) is 5. The molecular weight excluding hydrogens is 378 g/mol. The van der Waals surface area contributed by atoms with Crippen molar-refractivity contribution in [1.82, 2.24) is 20.5 Å². The summed E-state index contributed by atoms with van der Waals surface area (Å²) < 4.78 is 5.88. The van der Waals surface area contributed by atoms with Gasteiger partial charge in [0.2, 0.25) is 5.88 Å². The molecule has 0 saturated carbocycles. The van der Waals surface area contributed by atoms with Crippen molar-refractivity contribution in [3.8, 4) is 11.6 Å². The maximum atomic E-state index is 12.4. The van der Waals surface area contributed by atoms with E-state index in [4.69, 9.17) is 4.74 Å². The number of rotatable bonds is 6. The van der Waals surface area contributed by atoms with Crippen LogP contribution in [-0.2, 0) is 0 Å². The zero-order valence-electron chi connectivity index (χ0n) is 16.4. The van der Waals surface area contributed by atoms with Crippen LogP contribution in [0.2, 0.25) is 0 Å². The molecule has 4 rings (SSSR count). The van der Waals surface area contributed by atoms with Crippen molar-refractivity contribution in [2.45, 2.75) is 19.4 Å². The van der Waals surface area contributed by atoms with Crippen LogP contribution in [0.25, 0.3) is 10.8 Å². The van der Waals surface area contributed by atoms with Crippen molar-refractivity contribution in [3.05, 3.63) is 84.8 Å². The topological polar surface area (TPSA) is 89.0 Å². The van der Waals surface area contributed by atoms with E-state index in [-0.39, 0.29) is 12.1 Å². The predicted molar refractivity (Wildman–Crippen MR) is 115 cm³/mol. The minimum atomic E-state index is -0.271. The van der Waals surface area contributed by atoms with Crippen LogP contribution in [0.4, 0.5) is 10.5 Å². The molecule has 0 aliphatic heterocycles. The van der Waals surface area contributed by atoms with Crippen LogP contribution in [0.1, 0.15) is 24.9 Å². The third-order valence-corrected chi connectivity index (χ3v) is 4.69. The van der Waals surface area contributed by atoms with Crippen LogP contribution < -0.4 is 15.4 Å². The molecule has 0 saturated heterocycles. The van der Waals surface area contributed by atoms with Crippen LogP contribution in [0.15, 0.2) is 79.3 Å². The van der Waals surface area contributed by atoms with Crippen molar-refractivity contribution in [1.29, 1.82) is 0 Å². The second kappa shape index (κ2) is 9.00. The molecule has 0 aliphatic rings. The molecule has 0 unspecified atom stereocenters. The highest BCUT2D eigenvalue weighted by molar-refractivity contribution is 5.89. The van der Waals surface area contributed by atoms with Gasteiger partial charge in [0.05, 0.1) is 12.2 Å². The number of aromatic nitrogens is 3. The molecule has 0 aliphatic carbocycles. The Bertz CT molecular complexity index is 1130. The van der Waals surface area contributed by atoms with Crippen molar-refractivity contribution < 1.29 is 9.53 Å². The number of amides is 2. The van der Waals surface area contributed by atoms with Gasteiger partial charge in [-0.2, -0.15) is 5.10 Å². The SMILES string of the molecule is CC[C@@H](NC(=O)Nc1ccc(Oc2nncc3ccccc23)cc1)c1ccncc1. The van der Waals surface area contributed by atoms with Gasteiger partial charge in [0.25, 0.3) is 0 Å². The molecule has 0 fully saturated rings. The van der Waals surface area contributed by atoms with E-state index in [1.54, 1.807) is 42.9 Å². The minimum absolute atomic E-state index is 0.0828. The fraction of sp³-hybridized carbons (Fsp3) is 0.130.